The summed E-state index contributed by atoms with van der Waals surface area (Å²) in [7, 11) is -3.79. The molecule has 3 rings (SSSR count). The normalized spacial score (nSPS) is 18.6. The number of amides is 1. The quantitative estimate of drug-likeness (QED) is 0.762. The highest BCUT2D eigenvalue weighted by atomic mass is 35.5. The van der Waals surface area contributed by atoms with Crippen molar-refractivity contribution in [2.45, 2.75) is 24.8 Å². The zero-order chi connectivity index (χ0) is 19.6. The largest absolute Gasteiger partial charge is 0.492 e. The second-order valence-electron chi connectivity index (χ2n) is 6.14. The number of hydrogen-bond acceptors (Lipinski definition) is 4. The topological polar surface area (TPSA) is 66.9 Å². The molecule has 144 valence electrons. The van der Waals surface area contributed by atoms with Crippen LogP contribution in [-0.2, 0) is 14.8 Å². The van der Waals surface area contributed by atoms with Crippen LogP contribution in [0.1, 0.15) is 13.8 Å². The molecule has 1 aliphatic heterocycles. The van der Waals surface area contributed by atoms with Crippen LogP contribution in [-0.4, -0.2) is 44.4 Å². The van der Waals surface area contributed by atoms with E-state index in [1.807, 2.05) is 19.1 Å². The lowest BCUT2D eigenvalue weighted by Crippen LogP contribution is -2.57. The van der Waals surface area contributed by atoms with Gasteiger partial charge in [0.05, 0.1) is 17.2 Å². The van der Waals surface area contributed by atoms with Gasteiger partial charge in [0.1, 0.15) is 11.8 Å². The van der Waals surface area contributed by atoms with E-state index in [4.69, 9.17) is 16.3 Å². The van der Waals surface area contributed by atoms with Crippen molar-refractivity contribution in [3.63, 3.8) is 0 Å². The lowest BCUT2D eigenvalue weighted by atomic mass is 10.2. The van der Waals surface area contributed by atoms with Crippen molar-refractivity contribution in [2.75, 3.05) is 24.6 Å². The molecule has 0 N–H and O–H groups in total. The molecule has 27 heavy (non-hydrogen) atoms. The molecule has 0 unspecified atom stereocenters. The fraction of sp³-hybridized carbons (Fsp3) is 0.316. The number of carbonyl (C=O) groups is 1. The maximum Gasteiger partial charge on any atom is 0.245 e. The third-order valence-electron chi connectivity index (χ3n) is 4.48. The Labute approximate surface area is 164 Å². The number of sulfonamides is 1. The summed E-state index contributed by atoms with van der Waals surface area (Å²) in [4.78, 5) is 14.7. The molecular weight excluding hydrogens is 388 g/mol. The maximum atomic E-state index is 13.0. The third-order valence-corrected chi connectivity index (χ3v) is 6.71. The highest BCUT2D eigenvalue weighted by Crippen LogP contribution is 2.32. The van der Waals surface area contributed by atoms with Gasteiger partial charge in [-0.1, -0.05) is 23.7 Å². The van der Waals surface area contributed by atoms with E-state index in [9.17, 15) is 13.2 Å². The van der Waals surface area contributed by atoms with E-state index in [0.717, 1.165) is 0 Å². The van der Waals surface area contributed by atoms with Crippen molar-refractivity contribution in [2.24, 2.45) is 0 Å². The van der Waals surface area contributed by atoms with Crippen LogP contribution in [0.2, 0.25) is 5.02 Å². The zero-order valence-corrected chi connectivity index (χ0v) is 16.7. The van der Waals surface area contributed by atoms with Gasteiger partial charge in [-0.2, -0.15) is 4.31 Å². The number of para-hydroxylation sites is 2. The Morgan fingerprint density at radius 2 is 1.78 bits per heavy atom. The predicted molar refractivity (Wildman–Crippen MR) is 105 cm³/mol. The van der Waals surface area contributed by atoms with E-state index in [-0.39, 0.29) is 23.9 Å². The third kappa shape index (κ3) is 3.81. The minimum Gasteiger partial charge on any atom is -0.492 e. The van der Waals surface area contributed by atoms with Gasteiger partial charge in [-0.15, -0.1) is 0 Å². The second-order valence-corrected chi connectivity index (χ2v) is 8.46. The summed E-state index contributed by atoms with van der Waals surface area (Å²) in [6.07, 6.45) is 0. The summed E-state index contributed by atoms with van der Waals surface area (Å²) in [6.45, 7) is 4.40. The van der Waals surface area contributed by atoms with Crippen molar-refractivity contribution in [3.8, 4) is 5.75 Å². The average molecular weight is 409 g/mol. The number of anilines is 1. The molecule has 0 spiro atoms. The first-order chi connectivity index (χ1) is 12.9. The Kier molecular flexibility index (Phi) is 5.74. The number of halogens is 1. The van der Waals surface area contributed by atoms with Crippen molar-refractivity contribution in [3.05, 3.63) is 53.6 Å². The van der Waals surface area contributed by atoms with E-state index < -0.39 is 16.1 Å². The Balaban J connectivity index is 1.88. The molecule has 0 bridgehead atoms. The second kappa shape index (κ2) is 7.88. The van der Waals surface area contributed by atoms with Crippen molar-refractivity contribution < 1.29 is 17.9 Å². The summed E-state index contributed by atoms with van der Waals surface area (Å²) in [5.74, 6) is 0.320. The molecule has 0 aliphatic carbocycles. The minimum atomic E-state index is -3.79. The maximum absolute atomic E-state index is 13.0. The molecule has 1 aliphatic rings. The van der Waals surface area contributed by atoms with E-state index in [1.54, 1.807) is 24.0 Å². The molecule has 1 fully saturated rings. The summed E-state index contributed by atoms with van der Waals surface area (Å²) < 4.78 is 32.8. The SMILES string of the molecule is CCOc1ccccc1N1CCN(S(=O)(=O)c2ccc(Cl)cc2)[C@@H](C)C1=O. The predicted octanol–water partition coefficient (Wildman–Crippen LogP) is 3.16. The standard InChI is InChI=1S/C19H21ClN2O4S/c1-3-26-18-7-5-4-6-17(18)21-12-13-22(14(2)19(21)23)27(24,25)16-10-8-15(20)9-11-16/h4-11,14H,3,12-13H2,1-2H3/t14-/m0/s1. The lowest BCUT2D eigenvalue weighted by Gasteiger charge is -2.38. The zero-order valence-electron chi connectivity index (χ0n) is 15.1. The van der Waals surface area contributed by atoms with Crippen molar-refractivity contribution >= 4 is 33.2 Å². The van der Waals surface area contributed by atoms with E-state index in [0.29, 0.717) is 23.1 Å². The van der Waals surface area contributed by atoms with Crippen LogP contribution in [0.5, 0.6) is 5.75 Å². The first-order valence-electron chi connectivity index (χ1n) is 8.67. The molecule has 8 heteroatoms. The summed E-state index contributed by atoms with van der Waals surface area (Å²) >= 11 is 5.85. The smallest absolute Gasteiger partial charge is 0.245 e. The van der Waals surface area contributed by atoms with Crippen LogP contribution >= 0.6 is 11.6 Å². The van der Waals surface area contributed by atoms with Gasteiger partial charge in [-0.3, -0.25) is 4.79 Å². The van der Waals surface area contributed by atoms with E-state index in [1.165, 1.54) is 28.6 Å². The summed E-state index contributed by atoms with van der Waals surface area (Å²) in [5, 5.41) is 0.454. The van der Waals surface area contributed by atoms with Gasteiger partial charge in [0.2, 0.25) is 15.9 Å². The van der Waals surface area contributed by atoms with Crippen LogP contribution in [0.4, 0.5) is 5.69 Å². The van der Waals surface area contributed by atoms with Crippen LogP contribution < -0.4 is 9.64 Å². The number of benzene rings is 2. The number of piperazine rings is 1. The van der Waals surface area contributed by atoms with Gasteiger partial charge < -0.3 is 9.64 Å². The van der Waals surface area contributed by atoms with Gasteiger partial charge in [0, 0.05) is 18.1 Å². The Morgan fingerprint density at radius 3 is 2.44 bits per heavy atom. The Hall–Kier alpha value is -2.09. The highest BCUT2D eigenvalue weighted by Gasteiger charge is 2.40. The summed E-state index contributed by atoms with van der Waals surface area (Å²) in [6, 6.07) is 12.4. The highest BCUT2D eigenvalue weighted by molar-refractivity contribution is 7.89. The molecule has 1 saturated heterocycles. The van der Waals surface area contributed by atoms with E-state index in [2.05, 4.69) is 0 Å². The molecule has 2 aromatic carbocycles. The van der Waals surface area contributed by atoms with Crippen LogP contribution in [0.25, 0.3) is 0 Å². The fourth-order valence-electron chi connectivity index (χ4n) is 3.12. The first-order valence-corrected chi connectivity index (χ1v) is 10.5. The van der Waals surface area contributed by atoms with E-state index >= 15 is 0 Å². The Morgan fingerprint density at radius 1 is 1.11 bits per heavy atom. The monoisotopic (exact) mass is 408 g/mol. The lowest BCUT2D eigenvalue weighted by molar-refractivity contribution is -0.123. The Bertz CT molecular complexity index is 931. The number of nitrogens with zero attached hydrogens (tertiary/aromatic N) is 2. The fourth-order valence-corrected chi connectivity index (χ4v) is 4.82. The minimum absolute atomic E-state index is 0.120. The van der Waals surface area contributed by atoms with Crippen molar-refractivity contribution in [1.29, 1.82) is 0 Å². The average Bonchev–Trinajstić information content (AvgIpc) is 2.65. The van der Waals surface area contributed by atoms with Gasteiger partial charge in [-0.05, 0) is 50.2 Å². The number of ether oxygens (including phenoxy) is 1. The van der Waals surface area contributed by atoms with Gasteiger partial charge >= 0.3 is 0 Å². The number of rotatable bonds is 5. The van der Waals surface area contributed by atoms with Gasteiger partial charge in [0.25, 0.3) is 0 Å². The molecule has 1 heterocycles. The van der Waals surface area contributed by atoms with Crippen LogP contribution in [0.3, 0.4) is 0 Å². The molecule has 0 radical (unpaired) electrons. The molecule has 6 nitrogen and oxygen atoms in total. The molecule has 0 aromatic heterocycles. The van der Waals surface area contributed by atoms with Crippen LogP contribution in [0, 0.1) is 0 Å². The molecule has 2 aromatic rings. The molecular formula is C19H21ClN2O4S. The first kappa shape index (κ1) is 19.7. The number of hydrogen-bond donors (Lipinski definition) is 0. The van der Waals surface area contributed by atoms with Gasteiger partial charge in [0.15, 0.2) is 0 Å². The summed E-state index contributed by atoms with van der Waals surface area (Å²) in [5.41, 5.74) is 0.653. The molecule has 1 atom stereocenters. The van der Waals surface area contributed by atoms with Crippen molar-refractivity contribution in [1.82, 2.24) is 4.31 Å². The van der Waals surface area contributed by atoms with Crippen LogP contribution in [0.15, 0.2) is 53.4 Å². The number of carbonyl (C=O) groups excluding carboxylic acids is 1. The van der Waals surface area contributed by atoms with Gasteiger partial charge in [-0.25, -0.2) is 8.42 Å². The molecule has 0 saturated carbocycles. The molecule has 1 amide bonds.